The fraction of sp³-hybridized carbons (Fsp3) is 0.333. The van der Waals surface area contributed by atoms with Gasteiger partial charge in [-0.2, -0.15) is 0 Å². The summed E-state index contributed by atoms with van der Waals surface area (Å²) in [5, 5.41) is 2.74. The van der Waals surface area contributed by atoms with Gasteiger partial charge in [-0.05, 0) is 36.2 Å². The maximum atomic E-state index is 11.8. The van der Waals surface area contributed by atoms with Crippen LogP contribution in [0.3, 0.4) is 0 Å². The number of ether oxygens (including phenoxy) is 1. The summed E-state index contributed by atoms with van der Waals surface area (Å²) in [5.41, 5.74) is 1.13. The Balaban J connectivity index is 1.78. The summed E-state index contributed by atoms with van der Waals surface area (Å²) in [4.78, 5) is 25.2. The van der Waals surface area contributed by atoms with E-state index in [4.69, 9.17) is 9.15 Å². The molecule has 0 aliphatic carbocycles. The van der Waals surface area contributed by atoms with Crippen LogP contribution in [0.15, 0.2) is 47.1 Å². The largest absolute Gasteiger partial charge is 0.497 e. The van der Waals surface area contributed by atoms with Crippen molar-refractivity contribution < 1.29 is 18.7 Å². The molecule has 0 aliphatic heterocycles. The zero-order valence-electron chi connectivity index (χ0n) is 14.0. The van der Waals surface area contributed by atoms with Crippen LogP contribution in [0.4, 0.5) is 0 Å². The van der Waals surface area contributed by atoms with E-state index >= 15 is 0 Å². The molecule has 0 unspecified atom stereocenters. The molecule has 1 heterocycles. The van der Waals surface area contributed by atoms with Gasteiger partial charge < -0.3 is 19.4 Å². The number of furan rings is 1. The first kappa shape index (κ1) is 17.6. The van der Waals surface area contributed by atoms with E-state index in [1.165, 1.54) is 13.2 Å². The summed E-state index contributed by atoms with van der Waals surface area (Å²) in [6.07, 6.45) is 2.20. The van der Waals surface area contributed by atoms with Gasteiger partial charge in [0.05, 0.1) is 13.4 Å². The van der Waals surface area contributed by atoms with Crippen molar-refractivity contribution in [3.63, 3.8) is 0 Å². The zero-order chi connectivity index (χ0) is 17.4. The third-order valence-corrected chi connectivity index (χ3v) is 3.69. The Bertz CT molecular complexity index is 650. The lowest BCUT2D eigenvalue weighted by molar-refractivity contribution is -0.128. The molecule has 2 rings (SSSR count). The molecule has 0 saturated carbocycles. The van der Waals surface area contributed by atoms with Gasteiger partial charge in [0.2, 0.25) is 5.91 Å². The van der Waals surface area contributed by atoms with E-state index in [1.54, 1.807) is 24.1 Å². The minimum absolute atomic E-state index is 0.0178. The molecule has 1 N–H and O–H groups in total. The number of carbonyl (C=O) groups excluding carboxylic acids is 2. The summed E-state index contributed by atoms with van der Waals surface area (Å²) >= 11 is 0. The molecule has 0 radical (unpaired) electrons. The Morgan fingerprint density at radius 3 is 2.50 bits per heavy atom. The number of benzene rings is 1. The average Bonchev–Trinajstić information content (AvgIpc) is 3.12. The molecule has 6 heteroatoms. The van der Waals surface area contributed by atoms with Crippen molar-refractivity contribution in [3.05, 3.63) is 54.0 Å². The highest BCUT2D eigenvalue weighted by Gasteiger charge is 2.11. The Labute approximate surface area is 141 Å². The second kappa shape index (κ2) is 8.76. The number of hydrogen-bond donors (Lipinski definition) is 1. The fourth-order valence-corrected chi connectivity index (χ4v) is 2.28. The van der Waals surface area contributed by atoms with Gasteiger partial charge in [0, 0.05) is 26.6 Å². The number of amides is 2. The van der Waals surface area contributed by atoms with Gasteiger partial charge in [0.1, 0.15) is 5.75 Å². The van der Waals surface area contributed by atoms with Crippen molar-refractivity contribution >= 4 is 11.8 Å². The van der Waals surface area contributed by atoms with Crippen LogP contribution in [0.5, 0.6) is 5.75 Å². The van der Waals surface area contributed by atoms with Gasteiger partial charge in [-0.25, -0.2) is 0 Å². The van der Waals surface area contributed by atoms with Crippen LogP contribution in [0.25, 0.3) is 0 Å². The van der Waals surface area contributed by atoms with E-state index in [1.807, 2.05) is 24.3 Å². The smallest absolute Gasteiger partial charge is 0.287 e. The lowest BCUT2D eigenvalue weighted by Crippen LogP contribution is -2.38. The molecule has 6 nitrogen and oxygen atoms in total. The minimum atomic E-state index is -0.279. The molecule has 2 aromatic rings. The summed E-state index contributed by atoms with van der Waals surface area (Å²) in [6, 6.07) is 11.0. The lowest BCUT2D eigenvalue weighted by Gasteiger charge is -2.21. The normalized spacial score (nSPS) is 10.2. The van der Waals surface area contributed by atoms with E-state index in [2.05, 4.69) is 5.32 Å². The quantitative estimate of drug-likeness (QED) is 0.805. The highest BCUT2D eigenvalue weighted by molar-refractivity contribution is 5.91. The highest BCUT2D eigenvalue weighted by Crippen LogP contribution is 2.12. The Morgan fingerprint density at radius 2 is 1.92 bits per heavy atom. The molecule has 0 atom stereocenters. The fourth-order valence-electron chi connectivity index (χ4n) is 2.28. The number of hydrogen-bond acceptors (Lipinski definition) is 4. The molecule has 128 valence electrons. The molecule has 1 aromatic carbocycles. The third-order valence-electron chi connectivity index (χ3n) is 3.69. The number of carbonyl (C=O) groups is 2. The summed E-state index contributed by atoms with van der Waals surface area (Å²) in [5.74, 6) is 0.778. The Morgan fingerprint density at radius 1 is 1.17 bits per heavy atom. The molecule has 24 heavy (non-hydrogen) atoms. The molecule has 0 bridgehead atoms. The molecule has 0 spiro atoms. The van der Waals surface area contributed by atoms with Crippen LogP contribution < -0.4 is 10.1 Å². The van der Waals surface area contributed by atoms with Crippen LogP contribution >= 0.6 is 0 Å². The highest BCUT2D eigenvalue weighted by atomic mass is 16.5. The van der Waals surface area contributed by atoms with Crippen molar-refractivity contribution in [1.29, 1.82) is 0 Å². The lowest BCUT2D eigenvalue weighted by atomic mass is 10.1. The molecular formula is C18H22N2O4. The summed E-state index contributed by atoms with van der Waals surface area (Å²) in [6.45, 7) is 2.96. The molecule has 0 fully saturated rings. The van der Waals surface area contributed by atoms with Crippen LogP contribution in [0, 0.1) is 0 Å². The van der Waals surface area contributed by atoms with Crippen molar-refractivity contribution in [2.24, 2.45) is 0 Å². The minimum Gasteiger partial charge on any atom is -0.497 e. The average molecular weight is 330 g/mol. The van der Waals surface area contributed by atoms with Gasteiger partial charge in [-0.1, -0.05) is 12.1 Å². The topological polar surface area (TPSA) is 71.8 Å². The molecule has 0 aliphatic rings. The number of rotatable bonds is 8. The predicted octanol–water partition coefficient (Wildman–Crippen LogP) is 2.11. The monoisotopic (exact) mass is 330 g/mol. The first-order valence-electron chi connectivity index (χ1n) is 7.80. The maximum Gasteiger partial charge on any atom is 0.287 e. The molecule has 1 aromatic heterocycles. The second-order valence-corrected chi connectivity index (χ2v) is 5.34. The second-order valence-electron chi connectivity index (χ2n) is 5.34. The van der Waals surface area contributed by atoms with Crippen molar-refractivity contribution in [2.75, 3.05) is 26.7 Å². The van der Waals surface area contributed by atoms with Gasteiger partial charge in [0.15, 0.2) is 5.76 Å². The predicted molar refractivity (Wildman–Crippen MR) is 90.0 cm³/mol. The van der Waals surface area contributed by atoms with Gasteiger partial charge >= 0.3 is 0 Å². The number of nitrogens with zero attached hydrogens (tertiary/aromatic N) is 1. The Hall–Kier alpha value is -2.76. The van der Waals surface area contributed by atoms with E-state index in [9.17, 15) is 9.59 Å². The summed E-state index contributed by atoms with van der Waals surface area (Å²) in [7, 11) is 1.63. The van der Waals surface area contributed by atoms with Crippen LogP contribution in [0.2, 0.25) is 0 Å². The SMILES string of the molecule is COc1ccc(CCN(CCNC(=O)c2ccco2)C(C)=O)cc1. The maximum absolute atomic E-state index is 11.8. The van der Waals surface area contributed by atoms with E-state index < -0.39 is 0 Å². The summed E-state index contributed by atoms with van der Waals surface area (Å²) < 4.78 is 10.1. The number of methoxy groups -OCH3 is 1. The van der Waals surface area contributed by atoms with Crippen molar-refractivity contribution in [1.82, 2.24) is 10.2 Å². The van der Waals surface area contributed by atoms with Crippen LogP contribution in [-0.4, -0.2) is 43.5 Å². The van der Waals surface area contributed by atoms with Gasteiger partial charge in [-0.15, -0.1) is 0 Å². The van der Waals surface area contributed by atoms with Crippen LogP contribution in [0.1, 0.15) is 23.0 Å². The molecule has 2 amide bonds. The molecular weight excluding hydrogens is 308 g/mol. The van der Waals surface area contributed by atoms with Gasteiger partial charge in [-0.3, -0.25) is 9.59 Å². The van der Waals surface area contributed by atoms with Crippen molar-refractivity contribution in [2.45, 2.75) is 13.3 Å². The van der Waals surface area contributed by atoms with E-state index in [0.717, 1.165) is 17.7 Å². The van der Waals surface area contributed by atoms with E-state index in [0.29, 0.717) is 19.6 Å². The zero-order valence-corrected chi connectivity index (χ0v) is 14.0. The van der Waals surface area contributed by atoms with E-state index in [-0.39, 0.29) is 17.6 Å². The van der Waals surface area contributed by atoms with Crippen LogP contribution in [-0.2, 0) is 11.2 Å². The standard InChI is InChI=1S/C18H22N2O4/c1-14(21)20(11-9-15-5-7-16(23-2)8-6-15)12-10-19-18(22)17-4-3-13-24-17/h3-8,13H,9-12H2,1-2H3,(H,19,22). The van der Waals surface area contributed by atoms with Gasteiger partial charge in [0.25, 0.3) is 5.91 Å². The Kier molecular flexibility index (Phi) is 6.42. The van der Waals surface area contributed by atoms with Crippen molar-refractivity contribution in [3.8, 4) is 5.75 Å². The molecule has 0 saturated heterocycles. The third kappa shape index (κ3) is 5.15. The first-order valence-corrected chi connectivity index (χ1v) is 7.80. The first-order chi connectivity index (χ1) is 11.6. The number of nitrogens with one attached hydrogen (secondary N) is 1.